The Kier molecular flexibility index (Phi) is 4.30. The lowest BCUT2D eigenvalue weighted by atomic mass is 10.2. The topological polar surface area (TPSA) is 66.5 Å². The van der Waals surface area contributed by atoms with Crippen LogP contribution in [-0.4, -0.2) is 24.2 Å². The zero-order chi connectivity index (χ0) is 16.2. The first kappa shape index (κ1) is 15.1. The van der Waals surface area contributed by atoms with Crippen molar-refractivity contribution in [3.8, 4) is 5.75 Å². The average molecular weight is 328 g/mol. The predicted octanol–water partition coefficient (Wildman–Crippen LogP) is 3.59. The van der Waals surface area contributed by atoms with Gasteiger partial charge in [0.1, 0.15) is 5.69 Å². The van der Waals surface area contributed by atoms with Gasteiger partial charge >= 0.3 is 0 Å². The van der Waals surface area contributed by atoms with Gasteiger partial charge in [0, 0.05) is 15.9 Å². The number of benzene rings is 2. The molecule has 0 spiro atoms. The molecular weight excluding hydrogens is 314 g/mol. The number of hydrogen-bond acceptors (Lipinski definition) is 3. The fraction of sp³-hybridized carbons (Fsp3) is 0.0588. The summed E-state index contributed by atoms with van der Waals surface area (Å²) >= 11 is 5.82. The van der Waals surface area contributed by atoms with Crippen molar-refractivity contribution in [3.63, 3.8) is 0 Å². The molecule has 0 saturated heterocycles. The van der Waals surface area contributed by atoms with E-state index < -0.39 is 0 Å². The number of fused-ring (bicyclic) bond motifs is 1. The first-order chi connectivity index (χ1) is 11.2. The molecule has 6 heteroatoms. The van der Waals surface area contributed by atoms with Crippen molar-refractivity contribution in [1.82, 2.24) is 10.4 Å². The van der Waals surface area contributed by atoms with E-state index in [4.69, 9.17) is 16.3 Å². The van der Waals surface area contributed by atoms with Crippen LogP contribution in [0.4, 0.5) is 0 Å². The van der Waals surface area contributed by atoms with Crippen LogP contribution in [0, 0.1) is 0 Å². The van der Waals surface area contributed by atoms with Crippen LogP contribution in [0.25, 0.3) is 10.9 Å². The highest BCUT2D eigenvalue weighted by atomic mass is 35.5. The number of nitrogens with zero attached hydrogens (tertiary/aromatic N) is 1. The van der Waals surface area contributed by atoms with Crippen molar-refractivity contribution in [2.24, 2.45) is 5.10 Å². The lowest BCUT2D eigenvalue weighted by molar-refractivity contribution is 0.0948. The van der Waals surface area contributed by atoms with E-state index in [1.165, 1.54) is 7.11 Å². The highest BCUT2D eigenvalue weighted by Crippen LogP contribution is 2.29. The maximum atomic E-state index is 12.3. The number of ether oxygens (including phenoxy) is 1. The zero-order valence-electron chi connectivity index (χ0n) is 12.3. The van der Waals surface area contributed by atoms with Crippen LogP contribution < -0.4 is 10.2 Å². The second-order valence-corrected chi connectivity index (χ2v) is 5.27. The smallest absolute Gasteiger partial charge is 0.291 e. The number of carbonyl (C=O) groups is 1. The molecule has 0 fully saturated rings. The summed E-state index contributed by atoms with van der Waals surface area (Å²) in [5.74, 6) is 0.128. The minimum absolute atomic E-state index is 0.335. The number of hydrogen-bond donors (Lipinski definition) is 2. The van der Waals surface area contributed by atoms with Crippen LogP contribution >= 0.6 is 11.6 Å². The Bertz CT molecular complexity index is 869. The summed E-state index contributed by atoms with van der Waals surface area (Å²) in [6, 6.07) is 14.7. The second-order valence-electron chi connectivity index (χ2n) is 4.83. The lowest BCUT2D eigenvalue weighted by Gasteiger charge is -2.01. The molecule has 1 heterocycles. The molecule has 0 aliphatic heterocycles. The van der Waals surface area contributed by atoms with Gasteiger partial charge in [-0.15, -0.1) is 0 Å². The largest absolute Gasteiger partial charge is 0.494 e. The molecule has 1 aromatic heterocycles. The third-order valence-electron chi connectivity index (χ3n) is 3.34. The lowest BCUT2D eigenvalue weighted by Crippen LogP contribution is -2.18. The van der Waals surface area contributed by atoms with E-state index in [2.05, 4.69) is 15.5 Å². The molecule has 3 aromatic rings. The van der Waals surface area contributed by atoms with Crippen molar-refractivity contribution >= 4 is 34.6 Å². The number of hydrazone groups is 1. The zero-order valence-corrected chi connectivity index (χ0v) is 13.1. The molecule has 0 unspecified atom stereocenters. The van der Waals surface area contributed by atoms with Crippen molar-refractivity contribution < 1.29 is 9.53 Å². The average Bonchev–Trinajstić information content (AvgIpc) is 2.95. The van der Waals surface area contributed by atoms with E-state index in [9.17, 15) is 4.79 Å². The molecule has 0 radical (unpaired) electrons. The molecule has 116 valence electrons. The van der Waals surface area contributed by atoms with Gasteiger partial charge in [-0.25, -0.2) is 5.43 Å². The summed E-state index contributed by atoms with van der Waals surface area (Å²) < 4.78 is 5.34. The standard InChI is InChI=1S/C17H14ClN3O2/c1-23-16-13-4-2-3-5-14(13)20-15(16)17(22)21-19-10-11-6-8-12(18)9-7-11/h2-10,20H,1H3,(H,21,22)/b19-10-. The Morgan fingerprint density at radius 2 is 1.96 bits per heavy atom. The molecule has 0 bridgehead atoms. The summed E-state index contributed by atoms with van der Waals surface area (Å²) in [7, 11) is 1.53. The first-order valence-electron chi connectivity index (χ1n) is 6.92. The van der Waals surface area contributed by atoms with E-state index in [-0.39, 0.29) is 5.91 Å². The number of H-pyrrole nitrogens is 1. The van der Waals surface area contributed by atoms with Gasteiger partial charge in [0.05, 0.1) is 13.3 Å². The molecule has 3 rings (SSSR count). The maximum absolute atomic E-state index is 12.3. The van der Waals surface area contributed by atoms with E-state index in [1.54, 1.807) is 18.3 Å². The summed E-state index contributed by atoms with van der Waals surface area (Å²) in [6.45, 7) is 0. The molecule has 5 nitrogen and oxygen atoms in total. The highest BCUT2D eigenvalue weighted by Gasteiger charge is 2.17. The van der Waals surface area contributed by atoms with Crippen molar-refractivity contribution in [2.45, 2.75) is 0 Å². The van der Waals surface area contributed by atoms with Crippen LogP contribution in [0.2, 0.25) is 5.02 Å². The fourth-order valence-corrected chi connectivity index (χ4v) is 2.38. The number of halogens is 1. The van der Waals surface area contributed by atoms with Gasteiger partial charge in [-0.2, -0.15) is 5.10 Å². The third-order valence-corrected chi connectivity index (χ3v) is 3.59. The number of nitrogens with one attached hydrogen (secondary N) is 2. The molecule has 2 N–H and O–H groups in total. The number of methoxy groups -OCH3 is 1. The maximum Gasteiger partial charge on any atom is 0.291 e. The Balaban J connectivity index is 1.79. The first-order valence-corrected chi connectivity index (χ1v) is 7.30. The van der Waals surface area contributed by atoms with Crippen LogP contribution in [0.1, 0.15) is 16.1 Å². The Labute approximate surface area is 137 Å². The Hall–Kier alpha value is -2.79. The minimum atomic E-state index is -0.372. The number of aromatic amines is 1. The number of carbonyl (C=O) groups excluding carboxylic acids is 1. The molecule has 0 aliphatic rings. The van der Waals surface area contributed by atoms with Crippen LogP contribution in [0.3, 0.4) is 0 Å². The van der Waals surface area contributed by atoms with Gasteiger partial charge < -0.3 is 9.72 Å². The third kappa shape index (κ3) is 3.19. The van der Waals surface area contributed by atoms with Gasteiger partial charge in [0.25, 0.3) is 5.91 Å². The quantitative estimate of drug-likeness (QED) is 0.568. The van der Waals surface area contributed by atoms with Crippen LogP contribution in [0.15, 0.2) is 53.6 Å². The van der Waals surface area contributed by atoms with E-state index in [1.807, 2.05) is 36.4 Å². The predicted molar refractivity (Wildman–Crippen MR) is 91.4 cm³/mol. The van der Waals surface area contributed by atoms with Gasteiger partial charge in [-0.05, 0) is 29.8 Å². The number of rotatable bonds is 4. The van der Waals surface area contributed by atoms with Crippen molar-refractivity contribution in [1.29, 1.82) is 0 Å². The molecule has 0 aliphatic carbocycles. The van der Waals surface area contributed by atoms with Gasteiger partial charge in [0.15, 0.2) is 5.75 Å². The summed E-state index contributed by atoms with van der Waals surface area (Å²) in [4.78, 5) is 15.3. The summed E-state index contributed by atoms with van der Waals surface area (Å²) in [5.41, 5.74) is 4.48. The Morgan fingerprint density at radius 1 is 1.22 bits per heavy atom. The van der Waals surface area contributed by atoms with Gasteiger partial charge in [-0.3, -0.25) is 4.79 Å². The normalized spacial score (nSPS) is 11.0. The Morgan fingerprint density at radius 3 is 2.70 bits per heavy atom. The van der Waals surface area contributed by atoms with Crippen LogP contribution in [-0.2, 0) is 0 Å². The summed E-state index contributed by atoms with van der Waals surface area (Å²) in [5, 5.41) is 5.45. The van der Waals surface area contributed by atoms with Crippen LogP contribution in [0.5, 0.6) is 5.75 Å². The SMILES string of the molecule is COc1c(C(=O)N/N=C\c2ccc(Cl)cc2)[nH]c2ccccc12. The molecule has 0 atom stereocenters. The molecule has 23 heavy (non-hydrogen) atoms. The highest BCUT2D eigenvalue weighted by molar-refractivity contribution is 6.30. The monoisotopic (exact) mass is 327 g/mol. The van der Waals surface area contributed by atoms with E-state index in [0.717, 1.165) is 16.5 Å². The van der Waals surface area contributed by atoms with Gasteiger partial charge in [-0.1, -0.05) is 35.9 Å². The molecule has 2 aromatic carbocycles. The number of para-hydroxylation sites is 1. The van der Waals surface area contributed by atoms with E-state index in [0.29, 0.717) is 16.5 Å². The van der Waals surface area contributed by atoms with E-state index >= 15 is 0 Å². The molecular formula is C17H14ClN3O2. The number of aromatic nitrogens is 1. The van der Waals surface area contributed by atoms with Crippen molar-refractivity contribution in [3.05, 3.63) is 64.8 Å². The molecule has 1 amide bonds. The van der Waals surface area contributed by atoms with Gasteiger partial charge in [0.2, 0.25) is 0 Å². The fourth-order valence-electron chi connectivity index (χ4n) is 2.26. The molecule has 0 saturated carbocycles. The van der Waals surface area contributed by atoms with Crippen molar-refractivity contribution in [2.75, 3.05) is 7.11 Å². The minimum Gasteiger partial charge on any atom is -0.494 e. The number of amides is 1. The summed E-state index contributed by atoms with van der Waals surface area (Å²) in [6.07, 6.45) is 1.54. The second kappa shape index (κ2) is 6.54.